The summed E-state index contributed by atoms with van der Waals surface area (Å²) in [6.07, 6.45) is 3.55. The minimum Gasteiger partial charge on any atom is -0.364 e. The fraction of sp³-hybridized carbons (Fsp3) is 0.286. The molecule has 1 rings (SSSR count). The van der Waals surface area contributed by atoms with Crippen molar-refractivity contribution in [1.29, 1.82) is 0 Å². The van der Waals surface area contributed by atoms with E-state index in [1.807, 2.05) is 11.0 Å². The van der Waals surface area contributed by atoms with E-state index >= 15 is 0 Å². The predicted octanol–water partition coefficient (Wildman–Crippen LogP) is 3.02. The summed E-state index contributed by atoms with van der Waals surface area (Å²) < 4.78 is 13.8. The smallest absolute Gasteiger partial charge is 0.130 e. The van der Waals surface area contributed by atoms with Gasteiger partial charge in [-0.1, -0.05) is 18.2 Å². The van der Waals surface area contributed by atoms with Gasteiger partial charge in [0.05, 0.1) is 0 Å². The number of halogens is 1. The Balaban J connectivity index is 3.21. The molecule has 3 heteroatoms. The summed E-state index contributed by atoms with van der Waals surface area (Å²) >= 11 is 0. The molecular weight excluding hydrogens is 215 g/mol. The number of hydrogen-bond donors (Lipinski definition) is 1. The van der Waals surface area contributed by atoms with Gasteiger partial charge in [-0.25, -0.2) is 4.39 Å². The van der Waals surface area contributed by atoms with Gasteiger partial charge < -0.3 is 10.6 Å². The zero-order valence-corrected chi connectivity index (χ0v) is 10.2. The highest BCUT2D eigenvalue weighted by Gasteiger charge is 2.15. The number of benzene rings is 1. The van der Waals surface area contributed by atoms with Crippen molar-refractivity contribution in [2.24, 2.45) is 5.73 Å². The van der Waals surface area contributed by atoms with Crippen LogP contribution in [0.25, 0.3) is 0 Å². The molecule has 2 N–H and O–H groups in total. The van der Waals surface area contributed by atoms with Crippen LogP contribution in [0.2, 0.25) is 0 Å². The lowest BCUT2D eigenvalue weighted by molar-refractivity contribution is 0.592. The standard InChI is InChI=1S/C14H19FN2/c1-4-9-17(10-5-2)13-8-6-7-12(15)14(13)11(3)16/h4-8,11H,1-2,9-10,16H2,3H3. The molecule has 0 fully saturated rings. The van der Waals surface area contributed by atoms with E-state index in [0.29, 0.717) is 18.7 Å². The van der Waals surface area contributed by atoms with E-state index in [-0.39, 0.29) is 11.9 Å². The lowest BCUT2D eigenvalue weighted by Crippen LogP contribution is -2.26. The third-order valence-corrected chi connectivity index (χ3v) is 2.52. The molecule has 1 aromatic carbocycles. The van der Waals surface area contributed by atoms with Crippen molar-refractivity contribution < 1.29 is 4.39 Å². The molecule has 0 amide bonds. The number of nitrogens with zero attached hydrogens (tertiary/aromatic N) is 1. The second-order valence-corrected chi connectivity index (χ2v) is 3.94. The Bertz CT molecular complexity index is 389. The molecular formula is C14H19FN2. The predicted molar refractivity (Wildman–Crippen MR) is 71.6 cm³/mol. The molecule has 0 aromatic heterocycles. The van der Waals surface area contributed by atoms with Crippen LogP contribution in [-0.4, -0.2) is 13.1 Å². The van der Waals surface area contributed by atoms with Crippen molar-refractivity contribution in [2.45, 2.75) is 13.0 Å². The third-order valence-electron chi connectivity index (χ3n) is 2.52. The molecule has 0 aliphatic heterocycles. The lowest BCUT2D eigenvalue weighted by Gasteiger charge is -2.26. The van der Waals surface area contributed by atoms with Crippen LogP contribution >= 0.6 is 0 Å². The van der Waals surface area contributed by atoms with E-state index in [9.17, 15) is 4.39 Å². The molecule has 0 aliphatic carbocycles. The third kappa shape index (κ3) is 3.17. The minimum absolute atomic E-state index is 0.268. The van der Waals surface area contributed by atoms with E-state index in [4.69, 9.17) is 5.73 Å². The highest BCUT2D eigenvalue weighted by atomic mass is 19.1. The molecule has 0 aliphatic rings. The van der Waals surface area contributed by atoms with Gasteiger partial charge in [0, 0.05) is 30.4 Å². The van der Waals surface area contributed by atoms with Crippen LogP contribution in [0.4, 0.5) is 10.1 Å². The average molecular weight is 234 g/mol. The second kappa shape index (κ2) is 6.21. The highest BCUT2D eigenvalue weighted by Crippen LogP contribution is 2.27. The van der Waals surface area contributed by atoms with Gasteiger partial charge in [0.1, 0.15) is 5.82 Å². The van der Waals surface area contributed by atoms with Crippen LogP contribution in [0.15, 0.2) is 43.5 Å². The van der Waals surface area contributed by atoms with Crippen LogP contribution in [0.1, 0.15) is 18.5 Å². The van der Waals surface area contributed by atoms with Gasteiger partial charge in [0.2, 0.25) is 0 Å². The summed E-state index contributed by atoms with van der Waals surface area (Å²) in [6.45, 7) is 10.5. The van der Waals surface area contributed by atoms with Crippen LogP contribution in [0, 0.1) is 5.82 Å². The first-order valence-electron chi connectivity index (χ1n) is 5.62. The maximum absolute atomic E-state index is 13.8. The molecule has 0 saturated heterocycles. The molecule has 0 bridgehead atoms. The molecule has 0 radical (unpaired) electrons. The average Bonchev–Trinajstić information content (AvgIpc) is 2.28. The van der Waals surface area contributed by atoms with Gasteiger partial charge in [-0.15, -0.1) is 13.2 Å². The topological polar surface area (TPSA) is 29.3 Å². The van der Waals surface area contributed by atoms with Gasteiger partial charge in [-0.3, -0.25) is 0 Å². The summed E-state index contributed by atoms with van der Waals surface area (Å²) in [5.41, 5.74) is 7.17. The molecule has 1 aromatic rings. The molecule has 0 saturated carbocycles. The van der Waals surface area contributed by atoms with Crippen LogP contribution in [-0.2, 0) is 0 Å². The molecule has 0 heterocycles. The molecule has 92 valence electrons. The first kappa shape index (κ1) is 13.5. The van der Waals surface area contributed by atoms with Crippen LogP contribution in [0.5, 0.6) is 0 Å². The van der Waals surface area contributed by atoms with Gasteiger partial charge in [-0.05, 0) is 19.1 Å². The van der Waals surface area contributed by atoms with Crippen molar-refractivity contribution in [3.63, 3.8) is 0 Å². The Morgan fingerprint density at radius 3 is 2.41 bits per heavy atom. The maximum atomic E-state index is 13.8. The van der Waals surface area contributed by atoms with E-state index in [1.165, 1.54) is 6.07 Å². The number of anilines is 1. The van der Waals surface area contributed by atoms with Crippen molar-refractivity contribution in [1.82, 2.24) is 0 Å². The molecule has 1 unspecified atom stereocenters. The summed E-state index contributed by atoms with van der Waals surface area (Å²) in [5.74, 6) is -0.268. The van der Waals surface area contributed by atoms with Crippen LogP contribution < -0.4 is 10.6 Å². The van der Waals surface area contributed by atoms with Crippen LogP contribution in [0.3, 0.4) is 0 Å². The largest absolute Gasteiger partial charge is 0.364 e. The fourth-order valence-corrected chi connectivity index (χ4v) is 1.84. The van der Waals surface area contributed by atoms with Gasteiger partial charge in [-0.2, -0.15) is 0 Å². The molecule has 1 atom stereocenters. The maximum Gasteiger partial charge on any atom is 0.130 e. The Morgan fingerprint density at radius 2 is 1.94 bits per heavy atom. The SMILES string of the molecule is C=CCN(CC=C)c1cccc(F)c1C(C)N. The summed E-state index contributed by atoms with van der Waals surface area (Å²) in [5, 5.41) is 0. The van der Waals surface area contributed by atoms with Crippen molar-refractivity contribution in [2.75, 3.05) is 18.0 Å². The zero-order valence-electron chi connectivity index (χ0n) is 10.2. The van der Waals surface area contributed by atoms with E-state index in [2.05, 4.69) is 13.2 Å². The highest BCUT2D eigenvalue weighted by molar-refractivity contribution is 5.56. The summed E-state index contributed by atoms with van der Waals surface area (Å²) in [4.78, 5) is 1.99. The minimum atomic E-state index is -0.344. The second-order valence-electron chi connectivity index (χ2n) is 3.94. The summed E-state index contributed by atoms with van der Waals surface area (Å²) in [7, 11) is 0. The first-order valence-corrected chi connectivity index (χ1v) is 5.62. The first-order chi connectivity index (χ1) is 8.11. The monoisotopic (exact) mass is 234 g/mol. The Morgan fingerprint density at radius 1 is 1.35 bits per heavy atom. The quantitative estimate of drug-likeness (QED) is 0.767. The Hall–Kier alpha value is -1.61. The Labute approximate surface area is 102 Å². The normalized spacial score (nSPS) is 11.9. The van der Waals surface area contributed by atoms with Gasteiger partial charge >= 0.3 is 0 Å². The van der Waals surface area contributed by atoms with E-state index < -0.39 is 0 Å². The molecule has 2 nitrogen and oxygen atoms in total. The lowest BCUT2D eigenvalue weighted by atomic mass is 10.0. The molecule has 17 heavy (non-hydrogen) atoms. The van der Waals surface area contributed by atoms with Crippen molar-refractivity contribution in [3.05, 3.63) is 54.9 Å². The summed E-state index contributed by atoms with van der Waals surface area (Å²) in [6, 6.07) is 4.65. The number of rotatable bonds is 6. The number of hydrogen-bond acceptors (Lipinski definition) is 2. The van der Waals surface area contributed by atoms with Crippen molar-refractivity contribution in [3.8, 4) is 0 Å². The fourth-order valence-electron chi connectivity index (χ4n) is 1.84. The molecule has 0 spiro atoms. The van der Waals surface area contributed by atoms with Gasteiger partial charge in [0.15, 0.2) is 0 Å². The Kier molecular flexibility index (Phi) is 4.91. The van der Waals surface area contributed by atoms with E-state index in [1.54, 1.807) is 25.1 Å². The zero-order chi connectivity index (χ0) is 12.8. The van der Waals surface area contributed by atoms with E-state index in [0.717, 1.165) is 5.69 Å². The van der Waals surface area contributed by atoms with Gasteiger partial charge in [0.25, 0.3) is 0 Å². The number of nitrogens with two attached hydrogens (primary N) is 1. The van der Waals surface area contributed by atoms with Crippen molar-refractivity contribution >= 4 is 5.69 Å².